The lowest BCUT2D eigenvalue weighted by Gasteiger charge is -2.13. The first-order valence-corrected chi connectivity index (χ1v) is 5.85. The smallest absolute Gasteiger partial charge is 0.175 e. The van der Waals surface area contributed by atoms with E-state index in [0.717, 1.165) is 24.8 Å². The van der Waals surface area contributed by atoms with Gasteiger partial charge in [-0.3, -0.25) is 4.79 Å². The monoisotopic (exact) mass is 207 g/mol. The van der Waals surface area contributed by atoms with Gasteiger partial charge in [0.25, 0.3) is 0 Å². The molecule has 0 aliphatic heterocycles. The Hall–Kier alpha value is -0.890. The Kier molecular flexibility index (Phi) is 5.33. The number of hydrogen-bond donors (Lipinski definition) is 1. The summed E-state index contributed by atoms with van der Waals surface area (Å²) in [5, 5.41) is 0. The molecule has 2 N–H and O–H groups in total. The normalized spacial score (nSPS) is 23.1. The number of allylic oxidation sites excluding steroid dienone is 1. The topological polar surface area (TPSA) is 43.1 Å². The minimum Gasteiger partial charge on any atom is -0.321 e. The third kappa shape index (κ3) is 4.00. The summed E-state index contributed by atoms with van der Waals surface area (Å²) in [5.41, 5.74) is 6.74. The molecule has 0 spiro atoms. The molecule has 0 fully saturated rings. The van der Waals surface area contributed by atoms with Crippen LogP contribution in [0.25, 0.3) is 0 Å². The first-order chi connectivity index (χ1) is 7.25. The van der Waals surface area contributed by atoms with Crippen molar-refractivity contribution in [2.45, 2.75) is 51.0 Å². The second-order valence-corrected chi connectivity index (χ2v) is 4.18. The zero-order valence-electron chi connectivity index (χ0n) is 9.37. The fourth-order valence-electron chi connectivity index (χ4n) is 1.94. The second kappa shape index (κ2) is 6.57. The lowest BCUT2D eigenvalue weighted by molar-refractivity contribution is -0.116. The Morgan fingerprint density at radius 1 is 1.47 bits per heavy atom. The fourth-order valence-corrected chi connectivity index (χ4v) is 1.94. The molecule has 1 unspecified atom stereocenters. The van der Waals surface area contributed by atoms with Crippen molar-refractivity contribution < 1.29 is 4.79 Å². The Labute approximate surface area is 92.2 Å². The average molecular weight is 207 g/mol. The summed E-state index contributed by atoms with van der Waals surface area (Å²) in [5.74, 6) is 0.122. The SMILES string of the molecule is C=CCC(N)C(=O)/C1=C/CCCCCC1. The molecule has 0 aromatic carbocycles. The van der Waals surface area contributed by atoms with E-state index in [0.29, 0.717) is 6.42 Å². The van der Waals surface area contributed by atoms with Gasteiger partial charge in [0.2, 0.25) is 0 Å². The van der Waals surface area contributed by atoms with Crippen LogP contribution in [0.4, 0.5) is 0 Å². The van der Waals surface area contributed by atoms with E-state index in [2.05, 4.69) is 12.7 Å². The Bertz CT molecular complexity index is 255. The highest BCUT2D eigenvalue weighted by atomic mass is 16.1. The van der Waals surface area contributed by atoms with Crippen LogP contribution in [0, 0.1) is 0 Å². The number of ketones is 1. The fraction of sp³-hybridized carbons (Fsp3) is 0.615. The van der Waals surface area contributed by atoms with E-state index in [1.54, 1.807) is 6.08 Å². The minimum atomic E-state index is -0.381. The zero-order valence-corrected chi connectivity index (χ0v) is 9.37. The number of hydrogen-bond acceptors (Lipinski definition) is 2. The van der Waals surface area contributed by atoms with Gasteiger partial charge in [-0.05, 0) is 37.7 Å². The molecule has 1 rings (SSSR count). The van der Waals surface area contributed by atoms with Crippen LogP contribution in [0.1, 0.15) is 44.9 Å². The van der Waals surface area contributed by atoms with Gasteiger partial charge in [-0.15, -0.1) is 6.58 Å². The largest absolute Gasteiger partial charge is 0.321 e. The van der Waals surface area contributed by atoms with Gasteiger partial charge >= 0.3 is 0 Å². The summed E-state index contributed by atoms with van der Waals surface area (Å²) in [7, 11) is 0. The number of carbonyl (C=O) groups is 1. The van der Waals surface area contributed by atoms with Gasteiger partial charge in [-0.25, -0.2) is 0 Å². The van der Waals surface area contributed by atoms with Crippen LogP contribution in [0.3, 0.4) is 0 Å². The van der Waals surface area contributed by atoms with Crippen molar-refractivity contribution in [3.63, 3.8) is 0 Å². The molecule has 0 aromatic rings. The Balaban J connectivity index is 2.58. The maximum atomic E-state index is 11.9. The van der Waals surface area contributed by atoms with Gasteiger partial charge in [-0.1, -0.05) is 25.0 Å². The molecule has 2 heteroatoms. The lowest BCUT2D eigenvalue weighted by atomic mass is 9.93. The summed E-state index contributed by atoms with van der Waals surface area (Å²) >= 11 is 0. The molecule has 0 saturated heterocycles. The predicted molar refractivity (Wildman–Crippen MR) is 63.6 cm³/mol. The van der Waals surface area contributed by atoms with E-state index < -0.39 is 0 Å². The van der Waals surface area contributed by atoms with E-state index in [-0.39, 0.29) is 11.8 Å². The summed E-state index contributed by atoms with van der Waals surface area (Å²) < 4.78 is 0. The molecular weight excluding hydrogens is 186 g/mol. The van der Waals surface area contributed by atoms with E-state index in [1.807, 2.05) is 0 Å². The first-order valence-electron chi connectivity index (χ1n) is 5.85. The molecule has 0 radical (unpaired) electrons. The van der Waals surface area contributed by atoms with Crippen molar-refractivity contribution in [2.24, 2.45) is 5.73 Å². The molecule has 0 heterocycles. The maximum Gasteiger partial charge on any atom is 0.175 e. The number of Topliss-reactive ketones (excluding diaryl/α,β-unsaturated/α-hetero) is 1. The first kappa shape index (κ1) is 12.2. The van der Waals surface area contributed by atoms with Crippen molar-refractivity contribution in [3.05, 3.63) is 24.3 Å². The quantitative estimate of drug-likeness (QED) is 0.720. The summed E-state index contributed by atoms with van der Waals surface area (Å²) in [6.45, 7) is 3.61. The molecule has 0 amide bonds. The molecule has 1 atom stereocenters. The van der Waals surface area contributed by atoms with Crippen LogP contribution in [0.5, 0.6) is 0 Å². The molecule has 1 aliphatic carbocycles. The minimum absolute atomic E-state index is 0.122. The van der Waals surface area contributed by atoms with Crippen LogP contribution in [0.15, 0.2) is 24.3 Å². The predicted octanol–water partition coefficient (Wildman–Crippen LogP) is 2.74. The maximum absolute atomic E-state index is 11.9. The lowest BCUT2D eigenvalue weighted by Crippen LogP contribution is -2.31. The van der Waals surface area contributed by atoms with Gasteiger partial charge in [0.1, 0.15) is 0 Å². The Morgan fingerprint density at radius 2 is 2.20 bits per heavy atom. The van der Waals surface area contributed by atoms with Crippen LogP contribution in [-0.2, 0) is 4.79 Å². The second-order valence-electron chi connectivity index (χ2n) is 4.18. The molecule has 1 aliphatic rings. The van der Waals surface area contributed by atoms with Gasteiger partial charge in [-0.2, -0.15) is 0 Å². The van der Waals surface area contributed by atoms with E-state index in [9.17, 15) is 4.79 Å². The highest BCUT2D eigenvalue weighted by Gasteiger charge is 2.16. The molecule has 0 bridgehead atoms. The average Bonchev–Trinajstić information content (AvgIpc) is 2.16. The molecular formula is C13H21NO. The Morgan fingerprint density at radius 3 is 2.93 bits per heavy atom. The van der Waals surface area contributed by atoms with Crippen molar-refractivity contribution in [2.75, 3.05) is 0 Å². The van der Waals surface area contributed by atoms with Crippen molar-refractivity contribution in [3.8, 4) is 0 Å². The van der Waals surface area contributed by atoms with Crippen molar-refractivity contribution in [1.82, 2.24) is 0 Å². The van der Waals surface area contributed by atoms with Crippen molar-refractivity contribution in [1.29, 1.82) is 0 Å². The van der Waals surface area contributed by atoms with Crippen LogP contribution in [0.2, 0.25) is 0 Å². The summed E-state index contributed by atoms with van der Waals surface area (Å²) in [6.07, 6.45) is 11.2. The van der Waals surface area contributed by atoms with Gasteiger partial charge in [0.15, 0.2) is 5.78 Å². The standard InChI is InChI=1S/C13H21NO/c1-2-8-12(14)13(15)11-9-6-4-3-5-7-10-11/h2,9,12H,1,3-8,10,14H2/b11-9+. The molecule has 2 nitrogen and oxygen atoms in total. The third-order valence-corrected chi connectivity index (χ3v) is 2.86. The number of carbonyl (C=O) groups excluding carboxylic acids is 1. The number of rotatable bonds is 4. The van der Waals surface area contributed by atoms with Gasteiger partial charge in [0, 0.05) is 0 Å². The van der Waals surface area contributed by atoms with Gasteiger partial charge in [0.05, 0.1) is 6.04 Å². The molecule has 15 heavy (non-hydrogen) atoms. The van der Waals surface area contributed by atoms with Crippen LogP contribution < -0.4 is 5.73 Å². The van der Waals surface area contributed by atoms with E-state index in [4.69, 9.17) is 5.73 Å². The van der Waals surface area contributed by atoms with E-state index >= 15 is 0 Å². The highest BCUT2D eigenvalue weighted by molar-refractivity contribution is 5.99. The van der Waals surface area contributed by atoms with Gasteiger partial charge < -0.3 is 5.73 Å². The zero-order chi connectivity index (χ0) is 11.1. The summed E-state index contributed by atoms with van der Waals surface area (Å²) in [6, 6.07) is -0.381. The van der Waals surface area contributed by atoms with Crippen LogP contribution >= 0.6 is 0 Å². The third-order valence-electron chi connectivity index (χ3n) is 2.86. The summed E-state index contributed by atoms with van der Waals surface area (Å²) in [4.78, 5) is 11.9. The van der Waals surface area contributed by atoms with Crippen LogP contribution in [-0.4, -0.2) is 11.8 Å². The number of nitrogens with two attached hydrogens (primary N) is 1. The highest BCUT2D eigenvalue weighted by Crippen LogP contribution is 2.18. The molecule has 84 valence electrons. The van der Waals surface area contributed by atoms with Crippen molar-refractivity contribution >= 4 is 5.78 Å². The molecule has 0 saturated carbocycles. The molecule has 0 aromatic heterocycles. The van der Waals surface area contributed by atoms with E-state index in [1.165, 1.54) is 19.3 Å².